The number of amides is 1. The second kappa shape index (κ2) is 7.57. The van der Waals surface area contributed by atoms with Crippen LogP contribution in [0.2, 0.25) is 0 Å². The predicted molar refractivity (Wildman–Crippen MR) is 83.8 cm³/mol. The number of likely N-dealkylation sites (N-methyl/N-ethyl adjacent to an activating group) is 1. The standard InChI is InChI=1S/C17H26N2O2/c1-3-19(2)16(13-8-5-4-6-9-13)17(21)18-12-14-10-7-11-15(14)20/h4-6,8-9,14-16,20H,3,7,10-12H2,1-2H3,(H,18,21). The molecule has 0 aliphatic heterocycles. The van der Waals surface area contributed by atoms with E-state index in [1.807, 2.05) is 49.2 Å². The van der Waals surface area contributed by atoms with Crippen LogP contribution < -0.4 is 5.32 Å². The van der Waals surface area contributed by atoms with Crippen LogP contribution in [-0.4, -0.2) is 42.2 Å². The van der Waals surface area contributed by atoms with Crippen LogP contribution in [0.3, 0.4) is 0 Å². The zero-order valence-electron chi connectivity index (χ0n) is 13.0. The topological polar surface area (TPSA) is 52.6 Å². The van der Waals surface area contributed by atoms with E-state index in [-0.39, 0.29) is 24.0 Å². The molecule has 21 heavy (non-hydrogen) atoms. The molecule has 1 saturated carbocycles. The Morgan fingerprint density at radius 3 is 2.67 bits per heavy atom. The second-order valence-electron chi connectivity index (χ2n) is 5.89. The Bertz CT molecular complexity index is 449. The average molecular weight is 290 g/mol. The number of hydrogen-bond acceptors (Lipinski definition) is 3. The maximum atomic E-state index is 12.6. The van der Waals surface area contributed by atoms with Gasteiger partial charge in [-0.1, -0.05) is 43.7 Å². The summed E-state index contributed by atoms with van der Waals surface area (Å²) < 4.78 is 0. The van der Waals surface area contributed by atoms with Gasteiger partial charge in [-0.3, -0.25) is 9.69 Å². The minimum atomic E-state index is -0.269. The lowest BCUT2D eigenvalue weighted by molar-refractivity contribution is -0.126. The summed E-state index contributed by atoms with van der Waals surface area (Å²) in [5.74, 6) is 0.224. The van der Waals surface area contributed by atoms with Crippen molar-refractivity contribution in [3.63, 3.8) is 0 Å². The molecule has 0 heterocycles. The third-order valence-corrected chi connectivity index (χ3v) is 4.46. The van der Waals surface area contributed by atoms with Crippen molar-refractivity contribution < 1.29 is 9.90 Å². The highest BCUT2D eigenvalue weighted by Crippen LogP contribution is 2.25. The number of benzene rings is 1. The molecule has 3 atom stereocenters. The molecule has 4 nitrogen and oxygen atoms in total. The van der Waals surface area contributed by atoms with Gasteiger partial charge in [-0.25, -0.2) is 0 Å². The monoisotopic (exact) mass is 290 g/mol. The molecule has 1 aliphatic rings. The summed E-state index contributed by atoms with van der Waals surface area (Å²) in [4.78, 5) is 14.6. The van der Waals surface area contributed by atoms with E-state index in [1.165, 1.54) is 0 Å². The van der Waals surface area contributed by atoms with Crippen molar-refractivity contribution in [2.24, 2.45) is 5.92 Å². The first-order valence-corrected chi connectivity index (χ1v) is 7.84. The molecule has 1 aromatic carbocycles. The average Bonchev–Trinajstić information content (AvgIpc) is 2.91. The molecule has 2 N–H and O–H groups in total. The van der Waals surface area contributed by atoms with Crippen molar-refractivity contribution in [3.05, 3.63) is 35.9 Å². The maximum absolute atomic E-state index is 12.6. The molecule has 0 radical (unpaired) electrons. The predicted octanol–water partition coefficient (Wildman–Crippen LogP) is 1.96. The lowest BCUT2D eigenvalue weighted by Gasteiger charge is -2.27. The van der Waals surface area contributed by atoms with Gasteiger partial charge in [-0.2, -0.15) is 0 Å². The highest BCUT2D eigenvalue weighted by Gasteiger charge is 2.28. The molecule has 2 rings (SSSR count). The highest BCUT2D eigenvalue weighted by molar-refractivity contribution is 5.83. The summed E-state index contributed by atoms with van der Waals surface area (Å²) in [6, 6.07) is 9.58. The Morgan fingerprint density at radius 1 is 1.38 bits per heavy atom. The summed E-state index contributed by atoms with van der Waals surface area (Å²) in [6.07, 6.45) is 2.65. The van der Waals surface area contributed by atoms with Gasteiger partial charge in [0.25, 0.3) is 0 Å². The van der Waals surface area contributed by atoms with E-state index in [4.69, 9.17) is 0 Å². The van der Waals surface area contributed by atoms with Crippen LogP contribution in [-0.2, 0) is 4.79 Å². The molecule has 1 amide bonds. The summed E-state index contributed by atoms with van der Waals surface area (Å²) in [5, 5.41) is 12.9. The van der Waals surface area contributed by atoms with Crippen LogP contribution in [0, 0.1) is 5.92 Å². The molecule has 0 saturated heterocycles. The molecule has 4 heteroatoms. The minimum absolute atomic E-state index is 0.0182. The van der Waals surface area contributed by atoms with Crippen LogP contribution >= 0.6 is 0 Å². The number of aliphatic hydroxyl groups excluding tert-OH is 1. The van der Waals surface area contributed by atoms with Gasteiger partial charge in [0.05, 0.1) is 6.10 Å². The highest BCUT2D eigenvalue weighted by atomic mass is 16.3. The molecule has 1 aliphatic carbocycles. The zero-order chi connectivity index (χ0) is 15.2. The largest absolute Gasteiger partial charge is 0.393 e. The molecule has 1 fully saturated rings. The van der Waals surface area contributed by atoms with Crippen LogP contribution in [0.15, 0.2) is 30.3 Å². The first-order chi connectivity index (χ1) is 10.1. The first kappa shape index (κ1) is 16.0. The number of nitrogens with one attached hydrogen (secondary N) is 1. The molecular weight excluding hydrogens is 264 g/mol. The summed E-state index contributed by atoms with van der Waals surface area (Å²) in [7, 11) is 1.96. The van der Waals surface area contributed by atoms with E-state index in [9.17, 15) is 9.90 Å². The van der Waals surface area contributed by atoms with Crippen molar-refractivity contribution in [2.75, 3.05) is 20.1 Å². The van der Waals surface area contributed by atoms with Gasteiger partial charge < -0.3 is 10.4 Å². The fourth-order valence-corrected chi connectivity index (χ4v) is 3.01. The normalized spacial score (nSPS) is 23.2. The van der Waals surface area contributed by atoms with Crippen LogP contribution in [0.5, 0.6) is 0 Å². The molecule has 1 aromatic rings. The molecule has 116 valence electrons. The number of aliphatic hydroxyl groups is 1. The Hall–Kier alpha value is -1.39. The van der Waals surface area contributed by atoms with E-state index < -0.39 is 0 Å². The number of carbonyl (C=O) groups excluding carboxylic acids is 1. The molecule has 0 bridgehead atoms. The summed E-state index contributed by atoms with van der Waals surface area (Å²) >= 11 is 0. The Balaban J connectivity index is 2.01. The number of nitrogens with zero attached hydrogens (tertiary/aromatic N) is 1. The number of rotatable bonds is 6. The molecule has 0 spiro atoms. The van der Waals surface area contributed by atoms with Crippen LogP contribution in [0.4, 0.5) is 0 Å². The molecule has 0 aromatic heterocycles. The molecule has 3 unspecified atom stereocenters. The summed E-state index contributed by atoms with van der Waals surface area (Å²) in [6.45, 7) is 3.42. The lowest BCUT2D eigenvalue weighted by atomic mass is 10.0. The second-order valence-corrected chi connectivity index (χ2v) is 5.89. The SMILES string of the molecule is CCN(C)C(C(=O)NCC1CCCC1O)c1ccccc1. The van der Waals surface area contributed by atoms with Crippen molar-refractivity contribution in [2.45, 2.75) is 38.3 Å². The van der Waals surface area contributed by atoms with Gasteiger partial charge >= 0.3 is 0 Å². The van der Waals surface area contributed by atoms with Crippen LogP contribution in [0.25, 0.3) is 0 Å². The van der Waals surface area contributed by atoms with Crippen molar-refractivity contribution >= 4 is 5.91 Å². The Labute approximate surface area is 127 Å². The van der Waals surface area contributed by atoms with Gasteiger partial charge in [-0.05, 0) is 32.0 Å². The van der Waals surface area contributed by atoms with Gasteiger partial charge in [0.15, 0.2) is 0 Å². The molecular formula is C17H26N2O2. The van der Waals surface area contributed by atoms with Crippen LogP contribution in [0.1, 0.15) is 37.8 Å². The van der Waals surface area contributed by atoms with Gasteiger partial charge in [0, 0.05) is 12.5 Å². The minimum Gasteiger partial charge on any atom is -0.393 e. The third kappa shape index (κ3) is 4.05. The number of carbonyl (C=O) groups is 1. The van der Waals surface area contributed by atoms with E-state index >= 15 is 0 Å². The van der Waals surface area contributed by atoms with E-state index in [2.05, 4.69) is 5.32 Å². The first-order valence-electron chi connectivity index (χ1n) is 7.84. The Morgan fingerprint density at radius 2 is 2.10 bits per heavy atom. The lowest BCUT2D eigenvalue weighted by Crippen LogP contribution is -2.41. The maximum Gasteiger partial charge on any atom is 0.241 e. The summed E-state index contributed by atoms with van der Waals surface area (Å²) in [5.41, 5.74) is 1.01. The quantitative estimate of drug-likeness (QED) is 0.842. The van der Waals surface area contributed by atoms with Gasteiger partial charge in [0.2, 0.25) is 5.91 Å². The smallest absolute Gasteiger partial charge is 0.241 e. The third-order valence-electron chi connectivity index (χ3n) is 4.46. The fourth-order valence-electron chi connectivity index (χ4n) is 3.01. The van der Waals surface area contributed by atoms with E-state index in [1.54, 1.807) is 0 Å². The van der Waals surface area contributed by atoms with Gasteiger partial charge in [-0.15, -0.1) is 0 Å². The fraction of sp³-hybridized carbons (Fsp3) is 0.588. The zero-order valence-corrected chi connectivity index (χ0v) is 13.0. The van der Waals surface area contributed by atoms with Crippen molar-refractivity contribution in [1.29, 1.82) is 0 Å². The van der Waals surface area contributed by atoms with Crippen molar-refractivity contribution in [3.8, 4) is 0 Å². The Kier molecular flexibility index (Phi) is 5.76. The number of hydrogen-bond donors (Lipinski definition) is 2. The van der Waals surface area contributed by atoms with Crippen molar-refractivity contribution in [1.82, 2.24) is 10.2 Å². The van der Waals surface area contributed by atoms with E-state index in [0.29, 0.717) is 6.54 Å². The van der Waals surface area contributed by atoms with Gasteiger partial charge in [0.1, 0.15) is 6.04 Å². The van der Waals surface area contributed by atoms with E-state index in [0.717, 1.165) is 31.4 Å².